The van der Waals surface area contributed by atoms with Gasteiger partial charge in [0.05, 0.1) is 5.69 Å². The minimum atomic E-state index is 0.0404. The van der Waals surface area contributed by atoms with Gasteiger partial charge in [0, 0.05) is 43.5 Å². The number of carbonyl (C=O) groups excluding carboxylic acids is 1. The highest BCUT2D eigenvalue weighted by Gasteiger charge is 2.25. The summed E-state index contributed by atoms with van der Waals surface area (Å²) in [5, 5.41) is 7.23. The Bertz CT molecular complexity index is 919. The number of rotatable bonds is 5. The SMILES string of the molecule is CC(C)c1nccn1CC1CCN(C(=O)c2cc(-c3ccccc3)n[nH]2)CC1. The summed E-state index contributed by atoms with van der Waals surface area (Å²) in [7, 11) is 0. The molecule has 1 saturated heterocycles. The fraction of sp³-hybridized carbons (Fsp3) is 0.409. The Balaban J connectivity index is 1.35. The predicted molar refractivity (Wildman–Crippen MR) is 109 cm³/mol. The quantitative estimate of drug-likeness (QED) is 0.732. The van der Waals surface area contributed by atoms with Gasteiger partial charge in [0.2, 0.25) is 0 Å². The topological polar surface area (TPSA) is 66.8 Å². The van der Waals surface area contributed by atoms with E-state index in [4.69, 9.17) is 0 Å². The van der Waals surface area contributed by atoms with Gasteiger partial charge in [-0.05, 0) is 24.8 Å². The first kappa shape index (κ1) is 18.5. The van der Waals surface area contributed by atoms with Gasteiger partial charge < -0.3 is 9.47 Å². The lowest BCUT2D eigenvalue weighted by Crippen LogP contribution is -2.39. The van der Waals surface area contributed by atoms with Crippen molar-refractivity contribution in [3.8, 4) is 11.3 Å². The second-order valence-electron chi connectivity index (χ2n) is 7.86. The molecule has 3 heterocycles. The zero-order chi connectivity index (χ0) is 19.5. The van der Waals surface area contributed by atoms with Gasteiger partial charge in [-0.2, -0.15) is 5.10 Å². The van der Waals surface area contributed by atoms with E-state index in [9.17, 15) is 4.79 Å². The van der Waals surface area contributed by atoms with E-state index >= 15 is 0 Å². The lowest BCUT2D eigenvalue weighted by molar-refractivity contribution is 0.0676. The molecule has 6 heteroatoms. The molecule has 3 aromatic rings. The van der Waals surface area contributed by atoms with Crippen LogP contribution in [-0.4, -0.2) is 43.6 Å². The summed E-state index contributed by atoms with van der Waals surface area (Å²) < 4.78 is 2.27. The zero-order valence-electron chi connectivity index (χ0n) is 16.5. The number of aromatic nitrogens is 4. The smallest absolute Gasteiger partial charge is 0.271 e. The van der Waals surface area contributed by atoms with Crippen LogP contribution in [0.3, 0.4) is 0 Å². The second-order valence-corrected chi connectivity index (χ2v) is 7.86. The third kappa shape index (κ3) is 3.86. The van der Waals surface area contributed by atoms with E-state index in [1.54, 1.807) is 0 Å². The predicted octanol–water partition coefficient (Wildman–Crippen LogP) is 3.95. The highest BCUT2D eigenvalue weighted by molar-refractivity contribution is 5.93. The Morgan fingerprint density at radius 3 is 2.68 bits per heavy atom. The first-order chi connectivity index (χ1) is 13.6. The molecule has 146 valence electrons. The Labute approximate surface area is 165 Å². The van der Waals surface area contributed by atoms with Crippen LogP contribution in [0.5, 0.6) is 0 Å². The summed E-state index contributed by atoms with van der Waals surface area (Å²) in [5.74, 6) is 2.19. The number of piperidine rings is 1. The monoisotopic (exact) mass is 377 g/mol. The molecule has 1 aliphatic rings. The number of amides is 1. The van der Waals surface area contributed by atoms with E-state index in [1.165, 1.54) is 0 Å². The molecule has 4 rings (SSSR count). The first-order valence-corrected chi connectivity index (χ1v) is 10.0. The molecule has 1 aromatic carbocycles. The summed E-state index contributed by atoms with van der Waals surface area (Å²) in [6.07, 6.45) is 5.99. The summed E-state index contributed by atoms with van der Waals surface area (Å²) in [5.41, 5.74) is 2.38. The molecule has 0 aliphatic carbocycles. The summed E-state index contributed by atoms with van der Waals surface area (Å²) in [4.78, 5) is 19.3. The van der Waals surface area contributed by atoms with Crippen molar-refractivity contribution in [2.75, 3.05) is 13.1 Å². The molecule has 2 aromatic heterocycles. The number of nitrogens with zero attached hydrogens (tertiary/aromatic N) is 4. The molecular weight excluding hydrogens is 350 g/mol. The number of aromatic amines is 1. The number of benzene rings is 1. The molecule has 1 fully saturated rings. The van der Waals surface area contributed by atoms with Crippen LogP contribution in [0.1, 0.15) is 48.9 Å². The molecule has 0 bridgehead atoms. The molecule has 0 radical (unpaired) electrons. The number of H-pyrrole nitrogens is 1. The number of carbonyl (C=O) groups is 1. The van der Waals surface area contributed by atoms with E-state index < -0.39 is 0 Å². The fourth-order valence-corrected chi connectivity index (χ4v) is 3.93. The van der Waals surface area contributed by atoms with Gasteiger partial charge >= 0.3 is 0 Å². The third-order valence-electron chi connectivity index (χ3n) is 5.50. The summed E-state index contributed by atoms with van der Waals surface area (Å²) in [6.45, 7) is 6.91. The fourth-order valence-electron chi connectivity index (χ4n) is 3.93. The average molecular weight is 377 g/mol. The van der Waals surface area contributed by atoms with Crippen LogP contribution in [0, 0.1) is 5.92 Å². The number of hydrogen-bond acceptors (Lipinski definition) is 3. The van der Waals surface area contributed by atoms with Gasteiger partial charge in [-0.25, -0.2) is 4.98 Å². The van der Waals surface area contributed by atoms with Gasteiger partial charge in [0.15, 0.2) is 0 Å². The summed E-state index contributed by atoms with van der Waals surface area (Å²) in [6, 6.07) is 11.8. The van der Waals surface area contributed by atoms with E-state index in [0.717, 1.165) is 49.6 Å². The van der Waals surface area contributed by atoms with Crippen molar-refractivity contribution in [3.63, 3.8) is 0 Å². The Morgan fingerprint density at radius 2 is 1.96 bits per heavy atom. The van der Waals surface area contributed by atoms with Crippen molar-refractivity contribution in [2.24, 2.45) is 5.92 Å². The van der Waals surface area contributed by atoms with Crippen molar-refractivity contribution in [2.45, 2.75) is 39.2 Å². The molecule has 0 spiro atoms. The van der Waals surface area contributed by atoms with E-state index in [0.29, 0.717) is 17.5 Å². The van der Waals surface area contributed by atoms with Crippen molar-refractivity contribution in [1.82, 2.24) is 24.6 Å². The molecule has 6 nitrogen and oxygen atoms in total. The number of imidazole rings is 1. The van der Waals surface area contributed by atoms with Crippen LogP contribution < -0.4 is 0 Å². The van der Waals surface area contributed by atoms with Crippen molar-refractivity contribution in [3.05, 3.63) is 60.3 Å². The molecular formula is C22H27N5O. The molecule has 1 amide bonds. The zero-order valence-corrected chi connectivity index (χ0v) is 16.5. The minimum absolute atomic E-state index is 0.0404. The maximum absolute atomic E-state index is 12.9. The van der Waals surface area contributed by atoms with Crippen molar-refractivity contribution < 1.29 is 4.79 Å². The summed E-state index contributed by atoms with van der Waals surface area (Å²) >= 11 is 0. The van der Waals surface area contributed by atoms with Crippen LogP contribution in [0.2, 0.25) is 0 Å². The minimum Gasteiger partial charge on any atom is -0.337 e. The largest absolute Gasteiger partial charge is 0.337 e. The van der Waals surface area contributed by atoms with Crippen LogP contribution in [-0.2, 0) is 6.54 Å². The normalized spacial score (nSPS) is 15.3. The van der Waals surface area contributed by atoms with E-state index in [1.807, 2.05) is 47.5 Å². The van der Waals surface area contributed by atoms with Gasteiger partial charge in [0.25, 0.3) is 5.91 Å². The van der Waals surface area contributed by atoms with Gasteiger partial charge in [-0.1, -0.05) is 44.2 Å². The second kappa shape index (κ2) is 8.00. The Morgan fingerprint density at radius 1 is 1.21 bits per heavy atom. The highest BCUT2D eigenvalue weighted by Crippen LogP contribution is 2.23. The molecule has 28 heavy (non-hydrogen) atoms. The number of likely N-dealkylation sites (tertiary alicyclic amines) is 1. The van der Waals surface area contributed by atoms with Gasteiger partial charge in [0.1, 0.15) is 11.5 Å². The van der Waals surface area contributed by atoms with E-state index in [2.05, 4.69) is 39.8 Å². The van der Waals surface area contributed by atoms with Crippen molar-refractivity contribution >= 4 is 5.91 Å². The van der Waals surface area contributed by atoms with Crippen molar-refractivity contribution in [1.29, 1.82) is 0 Å². The van der Waals surface area contributed by atoms with Crippen LogP contribution in [0.4, 0.5) is 0 Å². The standard InChI is InChI=1S/C22H27N5O/c1-16(2)21-23-10-13-27(21)15-17-8-11-26(12-9-17)22(28)20-14-19(24-25-20)18-6-4-3-5-7-18/h3-7,10,13-14,16-17H,8-9,11-12,15H2,1-2H3,(H,24,25). The number of nitrogens with one attached hydrogen (secondary N) is 1. The Kier molecular flexibility index (Phi) is 5.28. The van der Waals surface area contributed by atoms with Crippen LogP contribution in [0.15, 0.2) is 48.8 Å². The van der Waals surface area contributed by atoms with Crippen LogP contribution >= 0.6 is 0 Å². The molecule has 1 aliphatic heterocycles. The first-order valence-electron chi connectivity index (χ1n) is 10.0. The maximum atomic E-state index is 12.9. The maximum Gasteiger partial charge on any atom is 0.271 e. The van der Waals surface area contributed by atoms with Gasteiger partial charge in [-0.3, -0.25) is 9.89 Å². The number of hydrogen-bond donors (Lipinski definition) is 1. The molecule has 0 saturated carbocycles. The average Bonchev–Trinajstić information content (AvgIpc) is 3.38. The lowest BCUT2D eigenvalue weighted by Gasteiger charge is -2.32. The van der Waals surface area contributed by atoms with Crippen LogP contribution in [0.25, 0.3) is 11.3 Å². The lowest BCUT2D eigenvalue weighted by atomic mass is 9.96. The molecule has 0 atom stereocenters. The molecule has 1 N–H and O–H groups in total. The third-order valence-corrected chi connectivity index (χ3v) is 5.50. The van der Waals surface area contributed by atoms with Gasteiger partial charge in [-0.15, -0.1) is 0 Å². The molecule has 0 unspecified atom stereocenters. The Hall–Kier alpha value is -2.89. The highest BCUT2D eigenvalue weighted by atomic mass is 16.2. The van der Waals surface area contributed by atoms with E-state index in [-0.39, 0.29) is 5.91 Å².